The Morgan fingerprint density at radius 1 is 1.06 bits per heavy atom. The summed E-state index contributed by atoms with van der Waals surface area (Å²) in [4.78, 5) is 0. The summed E-state index contributed by atoms with van der Waals surface area (Å²) in [6.07, 6.45) is 0. The lowest BCUT2D eigenvalue weighted by Crippen LogP contribution is -1.96. The number of hydrogen-bond acceptors (Lipinski definition) is 3. The van der Waals surface area contributed by atoms with Crippen LogP contribution in [-0.4, -0.2) is 0 Å². The van der Waals surface area contributed by atoms with Gasteiger partial charge in [-0.15, -0.1) is 0 Å². The number of nitrogens with two attached hydrogens (primary N) is 1. The van der Waals surface area contributed by atoms with Crippen LogP contribution in [0.1, 0.15) is 16.7 Å². The number of aryl methyl sites for hydroxylation is 2. The van der Waals surface area contributed by atoms with Crippen LogP contribution in [0.5, 0.6) is 0 Å². The molecule has 3 N–H and O–H groups in total. The van der Waals surface area contributed by atoms with Crippen LogP contribution in [-0.2, 0) is 0 Å². The minimum atomic E-state index is 0.642. The fraction of sp³-hybridized carbons (Fsp3) is 0.133. The number of nitrogens with one attached hydrogen (secondary N) is 1. The summed E-state index contributed by atoms with van der Waals surface area (Å²) in [7, 11) is 0. The summed E-state index contributed by atoms with van der Waals surface area (Å²) in [5.74, 6) is 0. The predicted octanol–water partition coefficient (Wildman–Crippen LogP) is 3.50. The van der Waals surface area contributed by atoms with Crippen molar-refractivity contribution in [3.05, 3.63) is 53.1 Å². The fourth-order valence-corrected chi connectivity index (χ4v) is 1.70. The lowest BCUT2D eigenvalue weighted by Gasteiger charge is -2.11. The topological polar surface area (TPSA) is 61.8 Å². The van der Waals surface area contributed by atoms with Gasteiger partial charge in [0.15, 0.2) is 0 Å². The number of nitriles is 1. The first kappa shape index (κ1) is 12.0. The zero-order valence-electron chi connectivity index (χ0n) is 10.5. The first-order valence-electron chi connectivity index (χ1n) is 5.74. The van der Waals surface area contributed by atoms with Crippen LogP contribution in [0, 0.1) is 25.2 Å². The highest BCUT2D eigenvalue weighted by molar-refractivity contribution is 5.68. The molecule has 0 aliphatic rings. The summed E-state index contributed by atoms with van der Waals surface area (Å²) >= 11 is 0. The number of nitrogens with zero attached hydrogens (tertiary/aromatic N) is 1. The molecule has 0 heterocycles. The first-order valence-corrected chi connectivity index (χ1v) is 5.74. The Hall–Kier alpha value is -2.47. The van der Waals surface area contributed by atoms with E-state index in [9.17, 15) is 0 Å². The van der Waals surface area contributed by atoms with E-state index in [-0.39, 0.29) is 0 Å². The second-order valence-corrected chi connectivity index (χ2v) is 4.34. The third-order valence-electron chi connectivity index (χ3n) is 2.92. The van der Waals surface area contributed by atoms with Crippen molar-refractivity contribution < 1.29 is 0 Å². The maximum Gasteiger partial charge on any atom is 0.0992 e. The van der Waals surface area contributed by atoms with Crippen molar-refractivity contribution in [1.29, 1.82) is 5.26 Å². The molecule has 0 saturated heterocycles. The number of benzene rings is 2. The third kappa shape index (κ3) is 2.44. The molecule has 2 aromatic carbocycles. The Morgan fingerprint density at radius 3 is 2.44 bits per heavy atom. The van der Waals surface area contributed by atoms with Gasteiger partial charge in [0, 0.05) is 17.1 Å². The van der Waals surface area contributed by atoms with Gasteiger partial charge in [-0.25, -0.2) is 0 Å². The van der Waals surface area contributed by atoms with E-state index in [1.54, 1.807) is 0 Å². The van der Waals surface area contributed by atoms with Gasteiger partial charge in [-0.1, -0.05) is 12.1 Å². The van der Waals surface area contributed by atoms with E-state index >= 15 is 0 Å². The zero-order chi connectivity index (χ0) is 13.1. The summed E-state index contributed by atoms with van der Waals surface area (Å²) in [6, 6.07) is 13.6. The van der Waals surface area contributed by atoms with Crippen LogP contribution in [0.2, 0.25) is 0 Å². The van der Waals surface area contributed by atoms with E-state index in [1.165, 1.54) is 0 Å². The van der Waals surface area contributed by atoms with Gasteiger partial charge in [-0.05, 0) is 49.2 Å². The molecule has 2 aromatic rings. The maximum absolute atomic E-state index is 8.90. The Labute approximate surface area is 107 Å². The summed E-state index contributed by atoms with van der Waals surface area (Å²) in [6.45, 7) is 3.97. The molecule has 3 heteroatoms. The van der Waals surface area contributed by atoms with E-state index in [4.69, 9.17) is 11.0 Å². The molecule has 3 nitrogen and oxygen atoms in total. The largest absolute Gasteiger partial charge is 0.398 e. The number of rotatable bonds is 2. The minimum absolute atomic E-state index is 0.642. The molecule has 0 atom stereocenters. The van der Waals surface area contributed by atoms with Crippen LogP contribution >= 0.6 is 0 Å². The van der Waals surface area contributed by atoms with Crippen LogP contribution in [0.25, 0.3) is 0 Å². The normalized spacial score (nSPS) is 9.83. The van der Waals surface area contributed by atoms with Crippen LogP contribution in [0.4, 0.5) is 17.1 Å². The molecule has 2 rings (SSSR count). The van der Waals surface area contributed by atoms with Gasteiger partial charge >= 0.3 is 0 Å². The van der Waals surface area contributed by atoms with Gasteiger partial charge < -0.3 is 11.1 Å². The lowest BCUT2D eigenvalue weighted by molar-refractivity contribution is 1.39. The molecule has 0 bridgehead atoms. The molecule has 0 amide bonds. The molecule has 0 aliphatic heterocycles. The fourth-order valence-electron chi connectivity index (χ4n) is 1.70. The highest BCUT2D eigenvalue weighted by Crippen LogP contribution is 2.24. The Bertz CT molecular complexity index is 624. The van der Waals surface area contributed by atoms with Crippen molar-refractivity contribution in [2.45, 2.75) is 13.8 Å². The van der Waals surface area contributed by atoms with E-state index in [0.717, 1.165) is 28.2 Å². The van der Waals surface area contributed by atoms with Gasteiger partial charge in [-0.2, -0.15) is 5.26 Å². The zero-order valence-corrected chi connectivity index (χ0v) is 10.5. The molecule has 18 heavy (non-hydrogen) atoms. The molecular formula is C15H15N3. The Kier molecular flexibility index (Phi) is 3.20. The Morgan fingerprint density at radius 2 is 1.78 bits per heavy atom. The molecule has 0 radical (unpaired) electrons. The lowest BCUT2D eigenvalue weighted by atomic mass is 10.1. The monoisotopic (exact) mass is 237 g/mol. The van der Waals surface area contributed by atoms with Crippen molar-refractivity contribution in [2.75, 3.05) is 11.1 Å². The number of hydrogen-bond donors (Lipinski definition) is 2. The number of anilines is 3. The van der Waals surface area contributed by atoms with Crippen LogP contribution in [0.15, 0.2) is 36.4 Å². The van der Waals surface area contributed by atoms with Gasteiger partial charge in [0.05, 0.1) is 11.6 Å². The van der Waals surface area contributed by atoms with Gasteiger partial charge in [-0.3, -0.25) is 0 Å². The van der Waals surface area contributed by atoms with E-state index in [0.29, 0.717) is 5.56 Å². The standard InChI is InChI=1S/C15H15N3/c1-10-4-6-13(8-14(10)17)18-15-7-12(9-16)5-3-11(15)2/h3-8,18H,17H2,1-2H3. The highest BCUT2D eigenvalue weighted by Gasteiger charge is 2.02. The average Bonchev–Trinajstić information content (AvgIpc) is 2.36. The smallest absolute Gasteiger partial charge is 0.0992 e. The molecule has 0 aliphatic carbocycles. The Balaban J connectivity index is 2.33. The molecule has 0 unspecified atom stereocenters. The summed E-state index contributed by atoms with van der Waals surface area (Å²) in [5, 5.41) is 12.2. The number of nitrogen functional groups attached to an aromatic ring is 1. The summed E-state index contributed by atoms with van der Waals surface area (Å²) in [5.41, 5.74) is 11.3. The predicted molar refractivity (Wildman–Crippen MR) is 74.8 cm³/mol. The van der Waals surface area contributed by atoms with Gasteiger partial charge in [0.25, 0.3) is 0 Å². The minimum Gasteiger partial charge on any atom is -0.398 e. The first-order chi connectivity index (χ1) is 8.60. The second kappa shape index (κ2) is 4.80. The van der Waals surface area contributed by atoms with Crippen molar-refractivity contribution >= 4 is 17.1 Å². The van der Waals surface area contributed by atoms with Crippen molar-refractivity contribution in [3.63, 3.8) is 0 Å². The van der Waals surface area contributed by atoms with Crippen molar-refractivity contribution in [1.82, 2.24) is 0 Å². The molecule has 0 aromatic heterocycles. The SMILES string of the molecule is Cc1ccc(Nc2cc(C#N)ccc2C)cc1N. The molecule has 0 spiro atoms. The van der Waals surface area contributed by atoms with E-state index in [2.05, 4.69) is 11.4 Å². The van der Waals surface area contributed by atoms with Crippen molar-refractivity contribution in [2.24, 2.45) is 0 Å². The van der Waals surface area contributed by atoms with Crippen LogP contribution in [0.3, 0.4) is 0 Å². The van der Waals surface area contributed by atoms with E-state index < -0.39 is 0 Å². The van der Waals surface area contributed by atoms with Crippen molar-refractivity contribution in [3.8, 4) is 6.07 Å². The average molecular weight is 237 g/mol. The van der Waals surface area contributed by atoms with Crippen LogP contribution < -0.4 is 11.1 Å². The van der Waals surface area contributed by atoms with Gasteiger partial charge in [0.1, 0.15) is 0 Å². The molecular weight excluding hydrogens is 222 g/mol. The summed E-state index contributed by atoms with van der Waals surface area (Å²) < 4.78 is 0. The molecule has 0 fully saturated rings. The quantitative estimate of drug-likeness (QED) is 0.786. The molecule has 0 saturated carbocycles. The van der Waals surface area contributed by atoms with Gasteiger partial charge in [0.2, 0.25) is 0 Å². The maximum atomic E-state index is 8.90. The molecule has 90 valence electrons. The second-order valence-electron chi connectivity index (χ2n) is 4.34. The third-order valence-corrected chi connectivity index (χ3v) is 2.92. The highest BCUT2D eigenvalue weighted by atomic mass is 14.9. The van der Waals surface area contributed by atoms with E-state index in [1.807, 2.05) is 50.2 Å².